The molecule has 0 saturated heterocycles. The minimum atomic E-state index is -0.579. The molecule has 2 unspecified atom stereocenters. The summed E-state index contributed by atoms with van der Waals surface area (Å²) >= 11 is 0. The highest BCUT2D eigenvalue weighted by Gasteiger charge is 2.43. The van der Waals surface area contributed by atoms with Crippen molar-refractivity contribution >= 4 is 17.5 Å². The highest BCUT2D eigenvalue weighted by molar-refractivity contribution is 6.06. The maximum Gasteiger partial charge on any atom is 0.244 e. The number of para-hydroxylation sites is 1. The Bertz CT molecular complexity index is 1180. The molecule has 2 aliphatic heterocycles. The molecule has 0 fully saturated rings. The lowest BCUT2D eigenvalue weighted by Gasteiger charge is -2.29. The van der Waals surface area contributed by atoms with Crippen molar-refractivity contribution in [1.82, 2.24) is 31.0 Å². The molecule has 35 heavy (non-hydrogen) atoms. The van der Waals surface area contributed by atoms with E-state index in [1.807, 2.05) is 36.5 Å². The summed E-state index contributed by atoms with van der Waals surface area (Å²) in [6, 6.07) is 11.1. The third-order valence-electron chi connectivity index (χ3n) is 7.07. The van der Waals surface area contributed by atoms with Gasteiger partial charge < -0.3 is 10.6 Å². The molecule has 2 aliphatic rings. The predicted octanol–water partition coefficient (Wildman–Crippen LogP) is 2.12. The average molecular weight is 474 g/mol. The molecule has 3 aromatic rings. The van der Waals surface area contributed by atoms with Crippen LogP contribution in [0.3, 0.4) is 0 Å². The Morgan fingerprint density at radius 3 is 2.80 bits per heavy atom. The van der Waals surface area contributed by atoms with Crippen molar-refractivity contribution in [1.29, 1.82) is 0 Å². The third-order valence-corrected chi connectivity index (χ3v) is 7.07. The van der Waals surface area contributed by atoms with Gasteiger partial charge in [-0.05, 0) is 42.0 Å². The van der Waals surface area contributed by atoms with Gasteiger partial charge in [-0.3, -0.25) is 19.5 Å². The van der Waals surface area contributed by atoms with E-state index in [4.69, 9.17) is 0 Å². The van der Waals surface area contributed by atoms with Crippen LogP contribution in [-0.2, 0) is 29.0 Å². The zero-order valence-corrected chi connectivity index (χ0v) is 20.1. The highest BCUT2D eigenvalue weighted by atomic mass is 16.2. The Hall–Kier alpha value is -3.59. The number of nitrogens with one attached hydrogen (secondary N) is 3. The summed E-state index contributed by atoms with van der Waals surface area (Å²) in [5, 5.41) is 16.8. The number of H-pyrrole nitrogens is 1. The van der Waals surface area contributed by atoms with Gasteiger partial charge in [0.2, 0.25) is 11.8 Å². The van der Waals surface area contributed by atoms with Gasteiger partial charge in [0, 0.05) is 30.8 Å². The molecule has 1 aromatic carbocycles. The Kier molecular flexibility index (Phi) is 6.59. The normalized spacial score (nSPS) is 20.0. The van der Waals surface area contributed by atoms with E-state index in [1.54, 1.807) is 11.1 Å². The number of aromatic nitrogens is 4. The summed E-state index contributed by atoms with van der Waals surface area (Å²) in [5.41, 5.74) is 4.75. The van der Waals surface area contributed by atoms with Crippen molar-refractivity contribution in [3.63, 3.8) is 0 Å². The molecule has 2 amide bonds. The molecule has 9 heteroatoms. The van der Waals surface area contributed by atoms with Crippen LogP contribution in [0, 0.1) is 5.92 Å². The molecule has 3 N–H and O–H groups in total. The summed E-state index contributed by atoms with van der Waals surface area (Å²) in [5.74, 6) is 0.325. The molecule has 0 radical (unpaired) electrons. The number of hydrogen-bond acceptors (Lipinski definition) is 6. The zero-order chi connectivity index (χ0) is 24.4. The Balaban J connectivity index is 1.35. The van der Waals surface area contributed by atoms with Crippen LogP contribution in [-0.4, -0.2) is 50.8 Å². The van der Waals surface area contributed by atoms with E-state index in [2.05, 4.69) is 50.9 Å². The van der Waals surface area contributed by atoms with Crippen LogP contribution in [0.2, 0.25) is 0 Å². The summed E-state index contributed by atoms with van der Waals surface area (Å²) < 4.78 is 0. The van der Waals surface area contributed by atoms with Crippen molar-refractivity contribution in [2.45, 2.75) is 57.7 Å². The van der Waals surface area contributed by atoms with Crippen LogP contribution in [0.5, 0.6) is 0 Å². The Labute approximate surface area is 204 Å². The molecule has 2 aromatic heterocycles. The van der Waals surface area contributed by atoms with Crippen LogP contribution >= 0.6 is 0 Å². The molecule has 0 bridgehead atoms. The van der Waals surface area contributed by atoms with Gasteiger partial charge in [0.15, 0.2) is 0 Å². The second kappa shape index (κ2) is 9.95. The van der Waals surface area contributed by atoms with E-state index in [-0.39, 0.29) is 30.3 Å². The number of pyridine rings is 1. The lowest BCUT2D eigenvalue weighted by Crippen LogP contribution is -2.54. The molecular weight excluding hydrogens is 442 g/mol. The topological polar surface area (TPSA) is 116 Å². The molecular formula is C26H31N7O2. The minimum Gasteiger partial charge on any atom is -0.348 e. The number of aromatic amines is 1. The van der Waals surface area contributed by atoms with E-state index in [9.17, 15) is 9.59 Å². The van der Waals surface area contributed by atoms with E-state index < -0.39 is 6.04 Å². The van der Waals surface area contributed by atoms with Gasteiger partial charge in [0.25, 0.3) is 0 Å². The second-order valence-corrected chi connectivity index (χ2v) is 9.64. The number of rotatable bonds is 8. The smallest absolute Gasteiger partial charge is 0.244 e. The van der Waals surface area contributed by atoms with Crippen LogP contribution < -0.4 is 15.5 Å². The average Bonchev–Trinajstić information content (AvgIpc) is 3.50. The number of amides is 2. The largest absolute Gasteiger partial charge is 0.348 e. The van der Waals surface area contributed by atoms with Crippen molar-refractivity contribution in [2.24, 2.45) is 5.92 Å². The van der Waals surface area contributed by atoms with E-state index in [0.717, 1.165) is 28.9 Å². The highest BCUT2D eigenvalue weighted by Crippen LogP contribution is 2.39. The van der Waals surface area contributed by atoms with Crippen molar-refractivity contribution in [3.8, 4) is 0 Å². The lowest BCUT2D eigenvalue weighted by atomic mass is 9.91. The summed E-state index contributed by atoms with van der Waals surface area (Å²) in [7, 11) is 0. The monoisotopic (exact) mass is 473 g/mol. The summed E-state index contributed by atoms with van der Waals surface area (Å²) in [6.45, 7) is 5.26. The fourth-order valence-corrected chi connectivity index (χ4v) is 5.18. The van der Waals surface area contributed by atoms with E-state index in [0.29, 0.717) is 31.0 Å². The first-order valence-electron chi connectivity index (χ1n) is 12.2. The van der Waals surface area contributed by atoms with Crippen LogP contribution in [0.1, 0.15) is 48.7 Å². The zero-order valence-electron chi connectivity index (χ0n) is 20.1. The van der Waals surface area contributed by atoms with Crippen molar-refractivity contribution in [2.75, 3.05) is 11.4 Å². The molecule has 0 spiro atoms. The first-order chi connectivity index (χ1) is 17.0. The minimum absolute atomic E-state index is 0.0428. The Morgan fingerprint density at radius 1 is 1.20 bits per heavy atom. The number of carbonyl (C=O) groups is 2. The second-order valence-electron chi connectivity index (χ2n) is 9.64. The van der Waals surface area contributed by atoms with Gasteiger partial charge in [-0.15, -0.1) is 0 Å². The number of hydrogen-bond donors (Lipinski definition) is 3. The van der Waals surface area contributed by atoms with Crippen molar-refractivity contribution in [3.05, 3.63) is 71.3 Å². The molecule has 5 rings (SSSR count). The van der Waals surface area contributed by atoms with Gasteiger partial charge in [-0.1, -0.05) is 38.1 Å². The molecule has 9 nitrogen and oxygen atoms in total. The van der Waals surface area contributed by atoms with Crippen LogP contribution in [0.25, 0.3) is 0 Å². The van der Waals surface area contributed by atoms with E-state index >= 15 is 0 Å². The van der Waals surface area contributed by atoms with Gasteiger partial charge in [0.05, 0.1) is 24.5 Å². The van der Waals surface area contributed by atoms with E-state index in [1.165, 1.54) is 0 Å². The first kappa shape index (κ1) is 23.2. The third kappa shape index (κ3) is 4.68. The standard InChI is InChI=1S/C26H31N7O2/c1-16(2)20(21-8-3-4-11-27-21)15-28-22-10-9-17-6-5-7-18-12-23(33(24(17)18)26(22)35)25(34)29-13-19-14-30-32-31-19/h3-8,11,14,16,20,22-23,28H,9-10,12-13,15H2,1-2H3,(H,29,34)(H,30,31,32)/t20-,22?,23?/m0/s1. The molecule has 182 valence electrons. The van der Waals surface area contributed by atoms with Gasteiger partial charge in [0.1, 0.15) is 11.7 Å². The SMILES string of the molecule is CC(C)[C@H](CNC1CCc2cccc3c2N(C1=O)C(C(=O)NCc1cn[nH]n1)C3)c1ccccn1. The maximum atomic E-state index is 13.9. The first-order valence-corrected chi connectivity index (χ1v) is 12.2. The summed E-state index contributed by atoms with van der Waals surface area (Å²) in [6.07, 6.45) is 5.37. The van der Waals surface area contributed by atoms with Crippen LogP contribution in [0.4, 0.5) is 5.69 Å². The van der Waals surface area contributed by atoms with Gasteiger partial charge in [-0.25, -0.2) is 0 Å². The number of benzene rings is 1. The fourth-order valence-electron chi connectivity index (χ4n) is 5.18. The Morgan fingerprint density at radius 2 is 2.06 bits per heavy atom. The number of nitrogens with zero attached hydrogens (tertiary/aromatic N) is 4. The molecule has 4 heterocycles. The number of aryl methyl sites for hydroxylation is 1. The number of carbonyl (C=O) groups excluding carboxylic acids is 2. The molecule has 0 saturated carbocycles. The van der Waals surface area contributed by atoms with Gasteiger partial charge >= 0.3 is 0 Å². The maximum absolute atomic E-state index is 13.9. The molecule has 0 aliphatic carbocycles. The quantitative estimate of drug-likeness (QED) is 0.462. The van der Waals surface area contributed by atoms with Crippen LogP contribution in [0.15, 0.2) is 48.8 Å². The predicted molar refractivity (Wildman–Crippen MR) is 132 cm³/mol. The molecule has 3 atom stereocenters. The lowest BCUT2D eigenvalue weighted by molar-refractivity contribution is -0.127. The van der Waals surface area contributed by atoms with Crippen molar-refractivity contribution < 1.29 is 9.59 Å². The fraction of sp³-hybridized carbons (Fsp3) is 0.423. The summed E-state index contributed by atoms with van der Waals surface area (Å²) in [4.78, 5) is 33.4. The van der Waals surface area contributed by atoms with Gasteiger partial charge in [-0.2, -0.15) is 15.4 Å². The number of anilines is 1.